The zero-order valence-corrected chi connectivity index (χ0v) is 11.5. The summed E-state index contributed by atoms with van der Waals surface area (Å²) in [5, 5.41) is 1.61. The Kier molecular flexibility index (Phi) is 3.09. The van der Waals surface area contributed by atoms with Gasteiger partial charge in [-0.05, 0) is 43.2 Å². The lowest BCUT2D eigenvalue weighted by molar-refractivity contribution is 0.739. The third-order valence-electron chi connectivity index (χ3n) is 3.20. The number of fused-ring (bicyclic) bond motifs is 2. The first-order valence-electron chi connectivity index (χ1n) is 6.35. The molecule has 0 aliphatic heterocycles. The average Bonchev–Trinajstić information content (AvgIpc) is 2.39. The highest BCUT2D eigenvalue weighted by atomic mass is 32.1. The molecule has 1 atom stereocenters. The second kappa shape index (κ2) is 4.76. The monoisotopic (exact) mass is 269 g/mol. The van der Waals surface area contributed by atoms with Gasteiger partial charge < -0.3 is 5.73 Å². The van der Waals surface area contributed by atoms with E-state index >= 15 is 0 Å². The molecule has 3 aromatic rings. The molecule has 0 spiro atoms. The van der Waals surface area contributed by atoms with Gasteiger partial charge in [-0.1, -0.05) is 18.2 Å². The molecule has 0 amide bonds. The van der Waals surface area contributed by atoms with Crippen LogP contribution in [0.25, 0.3) is 20.2 Å². The fourth-order valence-corrected chi connectivity index (χ4v) is 3.40. The molecule has 19 heavy (non-hydrogen) atoms. The van der Waals surface area contributed by atoms with Gasteiger partial charge in [-0.3, -0.25) is 4.79 Å². The molecule has 0 saturated heterocycles. The second-order valence-electron chi connectivity index (χ2n) is 4.94. The Bertz CT molecular complexity index is 805. The topological polar surface area (TPSA) is 43.1 Å². The SMILES string of the molecule is CC(N)Cc1ccc2sc3ccccc3c(=O)c2c1. The van der Waals surface area contributed by atoms with Gasteiger partial charge in [-0.25, -0.2) is 0 Å². The third-order valence-corrected chi connectivity index (χ3v) is 4.35. The van der Waals surface area contributed by atoms with E-state index < -0.39 is 0 Å². The van der Waals surface area contributed by atoms with Gasteiger partial charge in [0.2, 0.25) is 0 Å². The van der Waals surface area contributed by atoms with E-state index in [2.05, 4.69) is 6.07 Å². The van der Waals surface area contributed by atoms with Gasteiger partial charge in [0.05, 0.1) is 0 Å². The molecule has 2 nitrogen and oxygen atoms in total. The standard InChI is InChI=1S/C16H15NOS/c1-10(17)8-11-6-7-15-13(9-11)16(18)12-4-2-3-5-14(12)19-15/h2-7,9-10H,8,17H2,1H3. The maximum atomic E-state index is 12.5. The zero-order valence-electron chi connectivity index (χ0n) is 10.7. The lowest BCUT2D eigenvalue weighted by Gasteiger charge is -2.07. The van der Waals surface area contributed by atoms with E-state index in [4.69, 9.17) is 5.73 Å². The van der Waals surface area contributed by atoms with Gasteiger partial charge in [-0.2, -0.15) is 0 Å². The maximum Gasteiger partial charge on any atom is 0.195 e. The molecule has 0 radical (unpaired) electrons. The number of benzene rings is 2. The predicted molar refractivity (Wildman–Crippen MR) is 83.0 cm³/mol. The summed E-state index contributed by atoms with van der Waals surface area (Å²) in [6.45, 7) is 1.98. The van der Waals surface area contributed by atoms with Crippen LogP contribution in [0, 0.1) is 0 Å². The van der Waals surface area contributed by atoms with Crippen LogP contribution in [-0.2, 0) is 6.42 Å². The highest BCUT2D eigenvalue weighted by Crippen LogP contribution is 2.25. The number of nitrogens with two attached hydrogens (primary N) is 1. The van der Waals surface area contributed by atoms with Gasteiger partial charge in [0, 0.05) is 26.2 Å². The average molecular weight is 269 g/mol. The number of hydrogen-bond donors (Lipinski definition) is 1. The first kappa shape index (κ1) is 12.3. The van der Waals surface area contributed by atoms with E-state index in [0.717, 1.165) is 32.2 Å². The quantitative estimate of drug-likeness (QED) is 0.725. The van der Waals surface area contributed by atoms with Crippen molar-refractivity contribution in [1.82, 2.24) is 0 Å². The normalized spacial score (nSPS) is 12.9. The lowest BCUT2D eigenvalue weighted by Crippen LogP contribution is -2.17. The van der Waals surface area contributed by atoms with Crippen LogP contribution in [0.5, 0.6) is 0 Å². The van der Waals surface area contributed by atoms with Gasteiger partial charge in [0.15, 0.2) is 5.43 Å². The molecule has 1 unspecified atom stereocenters. The van der Waals surface area contributed by atoms with Crippen molar-refractivity contribution in [3.63, 3.8) is 0 Å². The molecule has 3 heteroatoms. The summed E-state index contributed by atoms with van der Waals surface area (Å²) in [6, 6.07) is 14.0. The number of hydrogen-bond acceptors (Lipinski definition) is 3. The Morgan fingerprint density at radius 3 is 2.63 bits per heavy atom. The first-order valence-corrected chi connectivity index (χ1v) is 7.17. The predicted octanol–water partition coefficient (Wildman–Crippen LogP) is 3.30. The Morgan fingerprint density at radius 1 is 1.11 bits per heavy atom. The Hall–Kier alpha value is -1.71. The van der Waals surface area contributed by atoms with Crippen molar-refractivity contribution in [2.45, 2.75) is 19.4 Å². The van der Waals surface area contributed by atoms with Gasteiger partial charge >= 0.3 is 0 Å². The molecule has 1 aromatic heterocycles. The van der Waals surface area contributed by atoms with Crippen LogP contribution in [0.2, 0.25) is 0 Å². The molecule has 96 valence electrons. The van der Waals surface area contributed by atoms with Crippen LogP contribution in [0.1, 0.15) is 12.5 Å². The molecule has 1 heterocycles. The van der Waals surface area contributed by atoms with Crippen LogP contribution in [0.4, 0.5) is 0 Å². The fraction of sp³-hybridized carbons (Fsp3) is 0.188. The van der Waals surface area contributed by atoms with Crippen molar-refractivity contribution < 1.29 is 0 Å². The minimum Gasteiger partial charge on any atom is -0.328 e. The molecule has 2 aromatic carbocycles. The molecular formula is C16H15NOS. The van der Waals surface area contributed by atoms with Crippen molar-refractivity contribution in [1.29, 1.82) is 0 Å². The Balaban J connectivity index is 2.30. The van der Waals surface area contributed by atoms with E-state index in [9.17, 15) is 4.79 Å². The van der Waals surface area contributed by atoms with Crippen molar-refractivity contribution >= 4 is 31.5 Å². The van der Waals surface area contributed by atoms with Crippen molar-refractivity contribution in [2.24, 2.45) is 5.73 Å². The zero-order chi connectivity index (χ0) is 13.4. The summed E-state index contributed by atoms with van der Waals surface area (Å²) in [7, 11) is 0. The van der Waals surface area contributed by atoms with Crippen LogP contribution in [0.3, 0.4) is 0 Å². The lowest BCUT2D eigenvalue weighted by atomic mass is 10.1. The smallest absolute Gasteiger partial charge is 0.195 e. The van der Waals surface area contributed by atoms with E-state index in [1.807, 2.05) is 43.3 Å². The summed E-state index contributed by atoms with van der Waals surface area (Å²) in [6.07, 6.45) is 0.798. The molecule has 0 saturated carbocycles. The fourth-order valence-electron chi connectivity index (χ4n) is 2.35. The highest BCUT2D eigenvalue weighted by molar-refractivity contribution is 7.24. The van der Waals surface area contributed by atoms with Crippen LogP contribution >= 0.6 is 11.3 Å². The van der Waals surface area contributed by atoms with Crippen LogP contribution < -0.4 is 11.2 Å². The number of rotatable bonds is 2. The van der Waals surface area contributed by atoms with Crippen molar-refractivity contribution in [2.75, 3.05) is 0 Å². The second-order valence-corrected chi connectivity index (χ2v) is 6.02. The molecular weight excluding hydrogens is 254 g/mol. The van der Waals surface area contributed by atoms with Crippen molar-refractivity contribution in [3.05, 3.63) is 58.3 Å². The largest absolute Gasteiger partial charge is 0.328 e. The van der Waals surface area contributed by atoms with E-state index in [-0.39, 0.29) is 11.5 Å². The summed E-state index contributed by atoms with van der Waals surface area (Å²) >= 11 is 1.66. The minimum absolute atomic E-state index is 0.108. The molecule has 2 N–H and O–H groups in total. The van der Waals surface area contributed by atoms with Gasteiger partial charge in [0.25, 0.3) is 0 Å². The van der Waals surface area contributed by atoms with Crippen molar-refractivity contribution in [3.8, 4) is 0 Å². The molecule has 0 aliphatic rings. The maximum absolute atomic E-state index is 12.5. The highest BCUT2D eigenvalue weighted by Gasteiger charge is 2.07. The molecule has 0 bridgehead atoms. The van der Waals surface area contributed by atoms with Crippen LogP contribution in [-0.4, -0.2) is 6.04 Å². The summed E-state index contributed by atoms with van der Waals surface area (Å²) in [4.78, 5) is 12.5. The molecule has 3 rings (SSSR count). The Labute approximate surface area is 115 Å². The van der Waals surface area contributed by atoms with E-state index in [1.54, 1.807) is 11.3 Å². The van der Waals surface area contributed by atoms with Gasteiger partial charge in [-0.15, -0.1) is 11.3 Å². The van der Waals surface area contributed by atoms with Crippen LogP contribution in [0.15, 0.2) is 47.3 Å². The molecule has 0 fully saturated rings. The van der Waals surface area contributed by atoms with Gasteiger partial charge in [0.1, 0.15) is 0 Å². The minimum atomic E-state index is 0.108. The van der Waals surface area contributed by atoms with E-state index in [1.165, 1.54) is 0 Å². The summed E-state index contributed by atoms with van der Waals surface area (Å²) < 4.78 is 2.08. The first-order chi connectivity index (χ1) is 9.15. The Morgan fingerprint density at radius 2 is 1.84 bits per heavy atom. The summed E-state index contributed by atoms with van der Waals surface area (Å²) in [5.41, 5.74) is 7.07. The molecule has 0 aliphatic carbocycles. The summed E-state index contributed by atoms with van der Waals surface area (Å²) in [5.74, 6) is 0. The van der Waals surface area contributed by atoms with E-state index in [0.29, 0.717) is 0 Å². The third kappa shape index (κ3) is 2.27.